The fraction of sp³-hybridized carbons (Fsp3) is 0.909. The normalized spacial score (nSPS) is 16.7. The highest BCUT2D eigenvalue weighted by Gasteiger charge is 2.21. The molecule has 0 aromatic carbocycles. The topological polar surface area (TPSA) is 84.2 Å². The zero-order valence-electron chi connectivity index (χ0n) is 19.4. The summed E-state index contributed by atoms with van der Waals surface area (Å²) >= 11 is 0. The molecule has 0 bridgehead atoms. The van der Waals surface area contributed by atoms with Crippen LogP contribution >= 0.6 is 7.82 Å². The summed E-state index contributed by atoms with van der Waals surface area (Å²) in [5.41, 5.74) is 1.40. The Kier molecular flexibility index (Phi) is 16.8. The average Bonchev–Trinajstić information content (AvgIpc) is 2.87. The highest BCUT2D eigenvalue weighted by atomic mass is 31.2. The third-order valence-corrected chi connectivity index (χ3v) is 5.72. The molecule has 3 N–H and O–H groups in total. The number of rotatable bonds is 15. The van der Waals surface area contributed by atoms with Gasteiger partial charge in [-0.1, -0.05) is 90.4 Å². The molecule has 29 heavy (non-hydrogen) atoms. The van der Waals surface area contributed by atoms with Crippen LogP contribution in [0.2, 0.25) is 0 Å². The molecule has 6 nitrogen and oxygen atoms in total. The van der Waals surface area contributed by atoms with Crippen molar-refractivity contribution >= 4 is 7.82 Å². The van der Waals surface area contributed by atoms with Crippen molar-refractivity contribution in [3.05, 3.63) is 11.9 Å². The second kappa shape index (κ2) is 17.2. The van der Waals surface area contributed by atoms with Crippen molar-refractivity contribution in [3.8, 4) is 0 Å². The van der Waals surface area contributed by atoms with Crippen molar-refractivity contribution < 1.29 is 19.2 Å². The summed E-state index contributed by atoms with van der Waals surface area (Å²) < 4.78 is 8.88. The maximum Gasteiger partial charge on any atom is 0.466 e. The lowest BCUT2D eigenvalue weighted by atomic mass is 10.0. The van der Waals surface area contributed by atoms with Gasteiger partial charge in [-0.2, -0.15) is 0 Å². The fourth-order valence-electron chi connectivity index (χ4n) is 3.70. The molecule has 0 amide bonds. The Morgan fingerprint density at radius 3 is 1.48 bits per heavy atom. The first-order valence-electron chi connectivity index (χ1n) is 11.6. The monoisotopic (exact) mass is 434 g/mol. The maximum absolute atomic E-state index is 8.88. The SMILES string of the molecule is CCCCCCCCCCCCCCCCN1C=C(C)N(C)C1C.O=P(O)(O)O. The molecular formula is C22H47N2O4P. The number of phosphoric acid groups is 1. The van der Waals surface area contributed by atoms with E-state index in [1.807, 2.05) is 0 Å². The van der Waals surface area contributed by atoms with E-state index in [-0.39, 0.29) is 0 Å². The van der Waals surface area contributed by atoms with Crippen LogP contribution in [-0.4, -0.2) is 44.2 Å². The van der Waals surface area contributed by atoms with Crippen molar-refractivity contribution in [2.75, 3.05) is 13.6 Å². The van der Waals surface area contributed by atoms with Crippen LogP contribution < -0.4 is 0 Å². The highest BCUT2D eigenvalue weighted by molar-refractivity contribution is 7.45. The van der Waals surface area contributed by atoms with Gasteiger partial charge < -0.3 is 24.5 Å². The molecule has 0 saturated heterocycles. The summed E-state index contributed by atoms with van der Waals surface area (Å²) in [6, 6.07) is 0. The summed E-state index contributed by atoms with van der Waals surface area (Å²) in [6.45, 7) is 8.03. The van der Waals surface area contributed by atoms with E-state index in [0.29, 0.717) is 6.17 Å². The Labute approximate surface area is 179 Å². The van der Waals surface area contributed by atoms with Crippen LogP contribution in [0.5, 0.6) is 0 Å². The molecule has 0 radical (unpaired) electrons. The summed E-state index contributed by atoms with van der Waals surface area (Å²) in [5.74, 6) is 0. The van der Waals surface area contributed by atoms with Crippen molar-refractivity contribution in [2.24, 2.45) is 0 Å². The van der Waals surface area contributed by atoms with Crippen LogP contribution in [0.4, 0.5) is 0 Å². The summed E-state index contributed by atoms with van der Waals surface area (Å²) in [7, 11) is -2.44. The van der Waals surface area contributed by atoms with Gasteiger partial charge >= 0.3 is 7.82 Å². The van der Waals surface area contributed by atoms with Gasteiger partial charge in [0.2, 0.25) is 0 Å². The molecule has 1 atom stereocenters. The number of hydrogen-bond donors (Lipinski definition) is 3. The molecule has 0 spiro atoms. The predicted molar refractivity (Wildman–Crippen MR) is 122 cm³/mol. The van der Waals surface area contributed by atoms with E-state index in [0.717, 1.165) is 0 Å². The van der Waals surface area contributed by atoms with E-state index >= 15 is 0 Å². The van der Waals surface area contributed by atoms with Crippen molar-refractivity contribution in [3.63, 3.8) is 0 Å². The minimum absolute atomic E-state index is 0.548. The Morgan fingerprint density at radius 2 is 1.17 bits per heavy atom. The molecular weight excluding hydrogens is 387 g/mol. The van der Waals surface area contributed by atoms with Crippen molar-refractivity contribution in [1.29, 1.82) is 0 Å². The van der Waals surface area contributed by atoms with Crippen molar-refractivity contribution in [1.82, 2.24) is 9.80 Å². The second-order valence-electron chi connectivity index (χ2n) is 8.36. The van der Waals surface area contributed by atoms with E-state index in [4.69, 9.17) is 19.2 Å². The van der Waals surface area contributed by atoms with Crippen LogP contribution in [0, 0.1) is 0 Å². The van der Waals surface area contributed by atoms with Gasteiger partial charge in [0.1, 0.15) is 0 Å². The minimum atomic E-state index is -4.64. The first kappa shape index (κ1) is 28.5. The molecule has 1 rings (SSSR count). The number of hydrogen-bond acceptors (Lipinski definition) is 3. The lowest BCUT2D eigenvalue weighted by molar-refractivity contribution is 0.185. The molecule has 0 aromatic rings. The van der Waals surface area contributed by atoms with Gasteiger partial charge in [-0.05, 0) is 20.3 Å². The van der Waals surface area contributed by atoms with Gasteiger partial charge in [0.05, 0.1) is 6.17 Å². The molecule has 7 heteroatoms. The lowest BCUT2D eigenvalue weighted by Crippen LogP contribution is -2.34. The third kappa shape index (κ3) is 18.0. The van der Waals surface area contributed by atoms with Gasteiger partial charge in [0.25, 0.3) is 0 Å². The molecule has 0 aromatic heterocycles. The standard InChI is InChI=1S/C22H44N2.H3O4P/c1-5-6-7-8-9-10-11-12-13-14-15-16-17-18-19-24-20-21(2)23(4)22(24)3;1-5(2,3)4/h20,22H,5-19H2,1-4H3;(H3,1,2,3,4). The lowest BCUT2D eigenvalue weighted by Gasteiger charge is -2.27. The third-order valence-electron chi connectivity index (χ3n) is 5.72. The Balaban J connectivity index is 0.00000139. The Bertz CT molecular complexity index is 459. The molecule has 1 heterocycles. The van der Waals surface area contributed by atoms with E-state index < -0.39 is 7.82 Å². The van der Waals surface area contributed by atoms with Gasteiger partial charge in [-0.25, -0.2) is 4.57 Å². The zero-order valence-corrected chi connectivity index (χ0v) is 20.2. The molecule has 1 unspecified atom stereocenters. The summed E-state index contributed by atoms with van der Waals surface area (Å²) in [6.07, 6.45) is 23.0. The molecule has 174 valence electrons. The first-order valence-corrected chi connectivity index (χ1v) is 13.2. The smallest absolute Gasteiger partial charge is 0.357 e. The minimum Gasteiger partial charge on any atom is -0.357 e. The first-order chi connectivity index (χ1) is 13.7. The van der Waals surface area contributed by atoms with Crippen LogP contribution in [0.15, 0.2) is 11.9 Å². The largest absolute Gasteiger partial charge is 0.466 e. The van der Waals surface area contributed by atoms with E-state index in [1.54, 1.807) is 0 Å². The highest BCUT2D eigenvalue weighted by Crippen LogP contribution is 2.25. The number of allylic oxidation sites excluding steroid dienone is 1. The quantitative estimate of drug-likeness (QED) is 0.217. The average molecular weight is 435 g/mol. The van der Waals surface area contributed by atoms with Crippen LogP contribution in [-0.2, 0) is 4.57 Å². The van der Waals surface area contributed by atoms with Crippen LogP contribution in [0.3, 0.4) is 0 Å². The summed E-state index contributed by atoms with van der Waals surface area (Å²) in [4.78, 5) is 26.4. The second-order valence-corrected chi connectivity index (χ2v) is 9.39. The Hall–Kier alpha value is -0.550. The van der Waals surface area contributed by atoms with E-state index in [9.17, 15) is 0 Å². The van der Waals surface area contributed by atoms with Crippen molar-refractivity contribution in [2.45, 2.75) is 117 Å². The Morgan fingerprint density at radius 1 is 0.828 bits per heavy atom. The van der Waals surface area contributed by atoms with Gasteiger partial charge in [-0.15, -0.1) is 0 Å². The fourth-order valence-corrected chi connectivity index (χ4v) is 3.70. The predicted octanol–water partition coefficient (Wildman–Crippen LogP) is 5.99. The molecule has 1 aliphatic rings. The summed E-state index contributed by atoms with van der Waals surface area (Å²) in [5, 5.41) is 0. The zero-order chi connectivity index (χ0) is 22.1. The molecule has 0 aliphatic carbocycles. The van der Waals surface area contributed by atoms with Gasteiger partial charge in [-0.3, -0.25) is 0 Å². The van der Waals surface area contributed by atoms with E-state index in [2.05, 4.69) is 43.8 Å². The van der Waals surface area contributed by atoms with Gasteiger partial charge in [0.15, 0.2) is 0 Å². The van der Waals surface area contributed by atoms with Gasteiger partial charge in [0, 0.05) is 25.5 Å². The van der Waals surface area contributed by atoms with E-state index in [1.165, 1.54) is 102 Å². The number of unbranched alkanes of at least 4 members (excludes halogenated alkanes) is 13. The molecule has 0 fully saturated rings. The van der Waals surface area contributed by atoms with Crippen LogP contribution in [0.1, 0.15) is 111 Å². The molecule has 0 saturated carbocycles. The maximum atomic E-state index is 8.88. The molecule has 1 aliphatic heterocycles. The number of nitrogens with zero attached hydrogens (tertiary/aromatic N) is 2. The van der Waals surface area contributed by atoms with Crippen LogP contribution in [0.25, 0.3) is 0 Å².